The Balaban J connectivity index is 2.09. The van der Waals surface area contributed by atoms with Gasteiger partial charge < -0.3 is 21.7 Å². The third kappa shape index (κ3) is 3.65. The van der Waals surface area contributed by atoms with Crippen LogP contribution in [-0.2, 0) is 0 Å². The molecule has 1 saturated heterocycles. The summed E-state index contributed by atoms with van der Waals surface area (Å²) in [7, 11) is 0. The van der Waals surface area contributed by atoms with Crippen molar-refractivity contribution in [2.45, 2.75) is 45.7 Å². The number of nitrogens with zero attached hydrogens (tertiary/aromatic N) is 2. The molecule has 1 aliphatic rings. The Morgan fingerprint density at radius 2 is 2.29 bits per heavy atom. The predicted molar refractivity (Wildman–Crippen MR) is 87.7 cm³/mol. The fourth-order valence-corrected chi connectivity index (χ4v) is 3.48. The number of carbonyl (C=O) groups is 1. The molecule has 1 amide bonds. The topological polar surface area (TPSA) is 97.3 Å². The van der Waals surface area contributed by atoms with Gasteiger partial charge in [-0.05, 0) is 18.8 Å². The lowest BCUT2D eigenvalue weighted by atomic mass is 10.0. The molecule has 0 bridgehead atoms. The number of carbonyl (C=O) groups excluding carboxylic acids is 1. The average Bonchev–Trinajstić information content (AvgIpc) is 3.01. The Bertz CT molecular complexity index is 502. The van der Waals surface area contributed by atoms with Gasteiger partial charge in [-0.1, -0.05) is 32.1 Å². The van der Waals surface area contributed by atoms with Crippen LogP contribution < -0.4 is 21.7 Å². The first-order valence-corrected chi connectivity index (χ1v) is 8.31. The molecule has 2 unspecified atom stereocenters. The van der Waals surface area contributed by atoms with E-state index in [1.807, 2.05) is 0 Å². The number of anilines is 2. The molecule has 0 saturated carbocycles. The summed E-state index contributed by atoms with van der Waals surface area (Å²) in [6.07, 6.45) is 1.85. The molecule has 0 aliphatic carbocycles. The molecule has 1 fully saturated rings. The molecule has 1 aromatic rings. The van der Waals surface area contributed by atoms with Crippen LogP contribution in [0, 0.1) is 5.92 Å². The van der Waals surface area contributed by atoms with Crippen molar-refractivity contribution in [3.05, 3.63) is 4.88 Å². The SMILES string of the molecule is CCC(NC(=O)c1sc(N2CCC(N)C2)nc1N)C(C)C. The zero-order valence-electron chi connectivity index (χ0n) is 12.9. The van der Waals surface area contributed by atoms with Crippen molar-refractivity contribution in [1.29, 1.82) is 0 Å². The smallest absolute Gasteiger partial charge is 0.265 e. The zero-order chi connectivity index (χ0) is 15.6. The van der Waals surface area contributed by atoms with Gasteiger partial charge in [0, 0.05) is 25.2 Å². The summed E-state index contributed by atoms with van der Waals surface area (Å²) in [6.45, 7) is 7.91. The maximum atomic E-state index is 12.4. The predicted octanol–water partition coefficient (Wildman–Crippen LogP) is 1.43. The van der Waals surface area contributed by atoms with E-state index in [1.54, 1.807) is 0 Å². The van der Waals surface area contributed by atoms with E-state index in [2.05, 4.69) is 36.0 Å². The van der Waals surface area contributed by atoms with Crippen molar-refractivity contribution in [2.24, 2.45) is 11.7 Å². The highest BCUT2D eigenvalue weighted by Gasteiger charge is 2.26. The lowest BCUT2D eigenvalue weighted by Crippen LogP contribution is -2.37. The molecular formula is C14H25N5OS. The third-order valence-corrected chi connectivity index (χ3v) is 5.04. The number of hydrogen-bond donors (Lipinski definition) is 3. The molecule has 2 rings (SSSR count). The zero-order valence-corrected chi connectivity index (χ0v) is 13.7. The number of nitrogen functional groups attached to an aromatic ring is 1. The Morgan fingerprint density at radius 3 is 2.81 bits per heavy atom. The molecule has 118 valence electrons. The lowest BCUT2D eigenvalue weighted by Gasteiger charge is -2.20. The van der Waals surface area contributed by atoms with Gasteiger partial charge in [0.1, 0.15) is 10.7 Å². The number of nitrogens with one attached hydrogen (secondary N) is 1. The van der Waals surface area contributed by atoms with Crippen LogP contribution in [0.3, 0.4) is 0 Å². The molecule has 0 radical (unpaired) electrons. The largest absolute Gasteiger partial charge is 0.382 e. The number of aromatic nitrogens is 1. The maximum Gasteiger partial charge on any atom is 0.265 e. The number of nitrogens with two attached hydrogens (primary N) is 2. The molecular weight excluding hydrogens is 286 g/mol. The number of thiazole rings is 1. The van der Waals surface area contributed by atoms with Gasteiger partial charge in [-0.25, -0.2) is 4.98 Å². The average molecular weight is 311 g/mol. The fraction of sp³-hybridized carbons (Fsp3) is 0.714. The van der Waals surface area contributed by atoms with Crippen LogP contribution in [0.5, 0.6) is 0 Å². The molecule has 2 heterocycles. The van der Waals surface area contributed by atoms with E-state index < -0.39 is 0 Å². The van der Waals surface area contributed by atoms with Crippen molar-refractivity contribution in [3.8, 4) is 0 Å². The van der Waals surface area contributed by atoms with E-state index >= 15 is 0 Å². The van der Waals surface area contributed by atoms with Gasteiger partial charge in [-0.15, -0.1) is 0 Å². The Labute approximate surface area is 129 Å². The first-order chi connectivity index (χ1) is 9.92. The molecule has 6 nitrogen and oxygen atoms in total. The van der Waals surface area contributed by atoms with Crippen molar-refractivity contribution in [2.75, 3.05) is 23.7 Å². The summed E-state index contributed by atoms with van der Waals surface area (Å²) in [4.78, 5) is 19.3. The van der Waals surface area contributed by atoms with Crippen LogP contribution in [0.4, 0.5) is 10.9 Å². The quantitative estimate of drug-likeness (QED) is 0.764. The first-order valence-electron chi connectivity index (χ1n) is 7.50. The van der Waals surface area contributed by atoms with Crippen LogP contribution in [0.2, 0.25) is 0 Å². The van der Waals surface area contributed by atoms with E-state index in [1.165, 1.54) is 11.3 Å². The van der Waals surface area contributed by atoms with Gasteiger partial charge in [0.2, 0.25) is 0 Å². The lowest BCUT2D eigenvalue weighted by molar-refractivity contribution is 0.0929. The molecule has 0 aromatic carbocycles. The van der Waals surface area contributed by atoms with Gasteiger partial charge in [0.25, 0.3) is 5.91 Å². The van der Waals surface area contributed by atoms with Crippen LogP contribution in [0.1, 0.15) is 43.3 Å². The number of amides is 1. The highest BCUT2D eigenvalue weighted by molar-refractivity contribution is 7.18. The summed E-state index contributed by atoms with van der Waals surface area (Å²) >= 11 is 1.35. The minimum absolute atomic E-state index is 0.125. The van der Waals surface area contributed by atoms with Crippen molar-refractivity contribution in [1.82, 2.24) is 10.3 Å². The highest BCUT2D eigenvalue weighted by Crippen LogP contribution is 2.30. The Morgan fingerprint density at radius 1 is 1.57 bits per heavy atom. The molecule has 0 spiro atoms. The molecule has 7 heteroatoms. The summed E-state index contributed by atoms with van der Waals surface area (Å²) in [5.74, 6) is 0.580. The second-order valence-corrected chi connectivity index (χ2v) is 6.92. The monoisotopic (exact) mass is 311 g/mol. The highest BCUT2D eigenvalue weighted by atomic mass is 32.1. The van der Waals surface area contributed by atoms with Gasteiger partial charge in [0.15, 0.2) is 5.13 Å². The van der Waals surface area contributed by atoms with E-state index in [-0.39, 0.29) is 18.0 Å². The van der Waals surface area contributed by atoms with Crippen molar-refractivity contribution >= 4 is 28.2 Å². The van der Waals surface area contributed by atoms with Gasteiger partial charge in [0.05, 0.1) is 0 Å². The first kappa shape index (κ1) is 16.0. The minimum atomic E-state index is -0.125. The number of hydrogen-bond acceptors (Lipinski definition) is 6. The minimum Gasteiger partial charge on any atom is -0.382 e. The van der Waals surface area contributed by atoms with Crippen LogP contribution in [-0.4, -0.2) is 36.1 Å². The molecule has 21 heavy (non-hydrogen) atoms. The third-order valence-electron chi connectivity index (χ3n) is 3.90. The van der Waals surface area contributed by atoms with Crippen molar-refractivity contribution in [3.63, 3.8) is 0 Å². The van der Waals surface area contributed by atoms with Crippen LogP contribution in [0.15, 0.2) is 0 Å². The Kier molecular flexibility index (Phi) is 5.05. The molecule has 5 N–H and O–H groups in total. The summed E-state index contributed by atoms with van der Waals surface area (Å²) in [6, 6.07) is 0.334. The van der Waals surface area contributed by atoms with E-state index in [0.717, 1.165) is 31.1 Å². The molecule has 2 atom stereocenters. The summed E-state index contributed by atoms with van der Waals surface area (Å²) < 4.78 is 0. The maximum absolute atomic E-state index is 12.4. The summed E-state index contributed by atoms with van der Waals surface area (Å²) in [5.41, 5.74) is 11.8. The standard InChI is InChI=1S/C14H25N5OS/c1-4-10(8(2)3)17-13(20)11-12(16)18-14(21-11)19-6-5-9(15)7-19/h8-10H,4-7,15-16H2,1-3H3,(H,17,20). The van der Waals surface area contributed by atoms with Crippen LogP contribution in [0.25, 0.3) is 0 Å². The fourth-order valence-electron chi connectivity index (χ4n) is 2.55. The molecule has 1 aromatic heterocycles. The molecule has 1 aliphatic heterocycles. The number of rotatable bonds is 5. The van der Waals surface area contributed by atoms with E-state index in [4.69, 9.17) is 11.5 Å². The second-order valence-electron chi connectivity index (χ2n) is 5.94. The van der Waals surface area contributed by atoms with Gasteiger partial charge >= 0.3 is 0 Å². The van der Waals surface area contributed by atoms with Gasteiger partial charge in [-0.2, -0.15) is 0 Å². The van der Waals surface area contributed by atoms with Crippen LogP contribution >= 0.6 is 11.3 Å². The van der Waals surface area contributed by atoms with Crippen molar-refractivity contribution < 1.29 is 4.79 Å². The second kappa shape index (κ2) is 6.62. The Hall–Kier alpha value is -1.34. The normalized spacial score (nSPS) is 20.0. The summed E-state index contributed by atoms with van der Waals surface area (Å²) in [5, 5.41) is 3.84. The van der Waals surface area contributed by atoms with Gasteiger partial charge in [-0.3, -0.25) is 4.79 Å². The van der Waals surface area contributed by atoms with E-state index in [9.17, 15) is 4.79 Å². The van der Waals surface area contributed by atoms with E-state index in [0.29, 0.717) is 16.6 Å².